The number of hydrogen-bond donors (Lipinski definition) is 1. The maximum Gasteiger partial charge on any atom is 0.235 e. The minimum absolute atomic E-state index is 0.123. The molecule has 1 N–H and O–H groups in total. The van der Waals surface area contributed by atoms with E-state index in [2.05, 4.69) is 20.3 Å². The first kappa shape index (κ1) is 18.6. The van der Waals surface area contributed by atoms with E-state index in [1.165, 1.54) is 0 Å². The van der Waals surface area contributed by atoms with Gasteiger partial charge in [0.15, 0.2) is 0 Å². The lowest BCUT2D eigenvalue weighted by Crippen LogP contribution is -2.15. The fourth-order valence-electron chi connectivity index (χ4n) is 3.02. The zero-order valence-corrected chi connectivity index (χ0v) is 16.2. The normalized spacial score (nSPS) is 10.7. The van der Waals surface area contributed by atoms with Crippen LogP contribution in [0.4, 0.5) is 5.69 Å². The summed E-state index contributed by atoms with van der Waals surface area (Å²) >= 11 is 0. The summed E-state index contributed by atoms with van der Waals surface area (Å²) in [6.07, 6.45) is 3.48. The summed E-state index contributed by atoms with van der Waals surface area (Å²) < 4.78 is 7.13. The van der Waals surface area contributed by atoms with Crippen molar-refractivity contribution in [1.29, 1.82) is 0 Å². The molecule has 1 aromatic carbocycles. The smallest absolute Gasteiger partial charge is 0.235 e. The number of anilines is 1. The summed E-state index contributed by atoms with van der Waals surface area (Å²) in [6.45, 7) is 7.80. The number of nitrogens with zero attached hydrogens (tertiary/aromatic N) is 4. The second-order valence-electron chi connectivity index (χ2n) is 6.47. The Morgan fingerprint density at radius 2 is 1.85 bits per heavy atom. The van der Waals surface area contributed by atoms with E-state index in [1.54, 1.807) is 19.5 Å². The van der Waals surface area contributed by atoms with Gasteiger partial charge in [0, 0.05) is 5.69 Å². The number of ether oxygens (including phenoxy) is 1. The molecule has 0 aliphatic heterocycles. The fraction of sp³-hybridized carbons (Fsp3) is 0.300. The van der Waals surface area contributed by atoms with Crippen LogP contribution < -0.4 is 10.1 Å². The molecule has 140 valence electrons. The highest BCUT2D eigenvalue weighted by Crippen LogP contribution is 2.19. The minimum atomic E-state index is -0.123. The quantitative estimate of drug-likeness (QED) is 0.751. The van der Waals surface area contributed by atoms with Gasteiger partial charge in [-0.1, -0.05) is 12.1 Å². The molecular formula is C20H23N5O2. The molecule has 0 saturated heterocycles. The Morgan fingerprint density at radius 3 is 2.41 bits per heavy atom. The molecule has 0 unspecified atom stereocenters. The maximum atomic E-state index is 12.3. The van der Waals surface area contributed by atoms with Crippen molar-refractivity contribution in [2.45, 2.75) is 34.1 Å². The molecule has 0 spiro atoms. The highest BCUT2D eigenvalue weighted by Gasteiger charge is 2.12. The Bertz CT molecular complexity index is 977. The Labute approximate surface area is 158 Å². The molecule has 0 atom stereocenters. The molecule has 0 bridgehead atoms. The number of carbonyl (C=O) groups is 1. The van der Waals surface area contributed by atoms with Gasteiger partial charge in [-0.2, -0.15) is 0 Å². The van der Waals surface area contributed by atoms with Crippen molar-refractivity contribution in [3.63, 3.8) is 0 Å². The van der Waals surface area contributed by atoms with Gasteiger partial charge in [0.25, 0.3) is 0 Å². The molecule has 3 aromatic rings. The number of imidazole rings is 1. The molecular weight excluding hydrogens is 342 g/mol. The number of nitrogens with one attached hydrogen (secondary N) is 1. The minimum Gasteiger partial charge on any atom is -0.496 e. The van der Waals surface area contributed by atoms with Gasteiger partial charge in [-0.15, -0.1) is 0 Å². The van der Waals surface area contributed by atoms with Crippen molar-refractivity contribution in [1.82, 2.24) is 19.5 Å². The van der Waals surface area contributed by atoms with Gasteiger partial charge in [0.05, 0.1) is 37.3 Å². The lowest BCUT2D eigenvalue weighted by Gasteiger charge is -2.09. The van der Waals surface area contributed by atoms with E-state index in [4.69, 9.17) is 4.74 Å². The standard InChI is InChI=1S/C20H23N5O2/c1-12-8-16(6-7-18(12)27-5)9-19(26)24-17-10-21-20(22-11-17)25-14(3)13(2)23-15(25)4/h6-8,10-11H,9H2,1-5H3,(H,24,26). The molecule has 7 nitrogen and oxygen atoms in total. The van der Waals surface area contributed by atoms with Crippen molar-refractivity contribution in [2.75, 3.05) is 12.4 Å². The molecule has 0 fully saturated rings. The van der Waals surface area contributed by atoms with Gasteiger partial charge in [0.1, 0.15) is 11.6 Å². The second kappa shape index (κ2) is 7.57. The van der Waals surface area contributed by atoms with Crippen LogP contribution in [0.1, 0.15) is 28.3 Å². The van der Waals surface area contributed by atoms with Gasteiger partial charge in [-0.05, 0) is 44.9 Å². The maximum absolute atomic E-state index is 12.3. The summed E-state index contributed by atoms with van der Waals surface area (Å²) in [5, 5.41) is 2.83. The van der Waals surface area contributed by atoms with E-state index in [1.807, 2.05) is 50.5 Å². The molecule has 2 heterocycles. The van der Waals surface area contributed by atoms with Gasteiger partial charge in [-0.3, -0.25) is 9.36 Å². The van der Waals surface area contributed by atoms with Gasteiger partial charge in [0.2, 0.25) is 11.9 Å². The van der Waals surface area contributed by atoms with E-state index in [-0.39, 0.29) is 12.3 Å². The third kappa shape index (κ3) is 3.97. The Balaban J connectivity index is 1.69. The first-order chi connectivity index (χ1) is 12.9. The van der Waals surface area contributed by atoms with Gasteiger partial charge < -0.3 is 10.1 Å². The van der Waals surface area contributed by atoms with Crippen LogP contribution in [0.5, 0.6) is 5.75 Å². The van der Waals surface area contributed by atoms with Crippen molar-refractivity contribution in [2.24, 2.45) is 0 Å². The van der Waals surface area contributed by atoms with Crippen LogP contribution in [-0.2, 0) is 11.2 Å². The summed E-state index contributed by atoms with van der Waals surface area (Å²) in [4.78, 5) is 25.5. The van der Waals surface area contributed by atoms with E-state index in [0.717, 1.165) is 34.1 Å². The number of methoxy groups -OCH3 is 1. The third-order valence-electron chi connectivity index (χ3n) is 4.46. The van der Waals surface area contributed by atoms with Crippen LogP contribution >= 0.6 is 0 Å². The second-order valence-corrected chi connectivity index (χ2v) is 6.47. The summed E-state index contributed by atoms with van der Waals surface area (Å²) in [7, 11) is 1.63. The third-order valence-corrected chi connectivity index (χ3v) is 4.46. The molecule has 0 radical (unpaired) electrons. The molecule has 3 rings (SSSR count). The zero-order chi connectivity index (χ0) is 19.6. The van der Waals surface area contributed by atoms with Crippen molar-refractivity contribution in [3.05, 3.63) is 58.9 Å². The number of benzene rings is 1. The van der Waals surface area contributed by atoms with Gasteiger partial charge in [-0.25, -0.2) is 15.0 Å². The average molecular weight is 365 g/mol. The van der Waals surface area contributed by atoms with Crippen LogP contribution in [0, 0.1) is 27.7 Å². The molecule has 27 heavy (non-hydrogen) atoms. The fourth-order valence-corrected chi connectivity index (χ4v) is 3.02. The lowest BCUT2D eigenvalue weighted by molar-refractivity contribution is -0.115. The Kier molecular flexibility index (Phi) is 5.21. The molecule has 0 saturated carbocycles. The summed E-state index contributed by atoms with van der Waals surface area (Å²) in [6, 6.07) is 5.70. The summed E-state index contributed by atoms with van der Waals surface area (Å²) in [5.74, 6) is 2.05. The monoisotopic (exact) mass is 365 g/mol. The summed E-state index contributed by atoms with van der Waals surface area (Å²) in [5.41, 5.74) is 4.42. The van der Waals surface area contributed by atoms with E-state index >= 15 is 0 Å². The van der Waals surface area contributed by atoms with Crippen LogP contribution in [0.3, 0.4) is 0 Å². The molecule has 1 amide bonds. The number of aromatic nitrogens is 4. The highest BCUT2D eigenvalue weighted by molar-refractivity contribution is 5.92. The van der Waals surface area contributed by atoms with Crippen LogP contribution in [0.25, 0.3) is 5.95 Å². The van der Waals surface area contributed by atoms with Crippen molar-refractivity contribution >= 4 is 11.6 Å². The van der Waals surface area contributed by atoms with Crippen LogP contribution in [-0.4, -0.2) is 32.5 Å². The number of hydrogen-bond acceptors (Lipinski definition) is 5. The highest BCUT2D eigenvalue weighted by atomic mass is 16.5. The SMILES string of the molecule is COc1ccc(CC(=O)Nc2cnc(-n3c(C)nc(C)c3C)nc2)cc1C. The molecule has 0 aliphatic rings. The largest absolute Gasteiger partial charge is 0.496 e. The van der Waals surface area contributed by atoms with Gasteiger partial charge >= 0.3 is 0 Å². The molecule has 0 aliphatic carbocycles. The van der Waals surface area contributed by atoms with Crippen molar-refractivity contribution < 1.29 is 9.53 Å². The number of carbonyl (C=O) groups excluding carboxylic acids is 1. The van der Waals surface area contributed by atoms with E-state index < -0.39 is 0 Å². The Hall–Kier alpha value is -3.22. The Morgan fingerprint density at radius 1 is 1.15 bits per heavy atom. The molecule has 7 heteroatoms. The average Bonchev–Trinajstić information content (AvgIpc) is 2.88. The number of aryl methyl sites for hydroxylation is 3. The predicted octanol–water partition coefficient (Wildman–Crippen LogP) is 3.09. The lowest BCUT2D eigenvalue weighted by atomic mass is 10.1. The first-order valence-corrected chi connectivity index (χ1v) is 8.67. The number of rotatable bonds is 5. The van der Waals surface area contributed by atoms with Crippen LogP contribution in [0.2, 0.25) is 0 Å². The van der Waals surface area contributed by atoms with E-state index in [0.29, 0.717) is 11.6 Å². The topological polar surface area (TPSA) is 81.9 Å². The molecule has 2 aromatic heterocycles. The van der Waals surface area contributed by atoms with Crippen molar-refractivity contribution in [3.8, 4) is 11.7 Å². The first-order valence-electron chi connectivity index (χ1n) is 8.67. The number of amides is 1. The van der Waals surface area contributed by atoms with Crippen LogP contribution in [0.15, 0.2) is 30.6 Å². The van der Waals surface area contributed by atoms with E-state index in [9.17, 15) is 4.79 Å². The zero-order valence-electron chi connectivity index (χ0n) is 16.2. The predicted molar refractivity (Wildman–Crippen MR) is 103 cm³/mol.